The molecule has 0 aliphatic rings. The van der Waals surface area contributed by atoms with E-state index in [4.69, 9.17) is 0 Å². The number of hydrogen-bond acceptors (Lipinski definition) is 2. The van der Waals surface area contributed by atoms with Gasteiger partial charge in [-0.25, -0.2) is 0 Å². The smallest absolute Gasteiger partial charge is 0.171 e. The van der Waals surface area contributed by atoms with Crippen LogP contribution >= 0.6 is 0 Å². The van der Waals surface area contributed by atoms with Crippen LogP contribution in [0.5, 0.6) is 0 Å². The Kier molecular flexibility index (Phi) is 6.18. The third kappa shape index (κ3) is 6.70. The van der Waals surface area contributed by atoms with Gasteiger partial charge in [-0.2, -0.15) is 36.5 Å². The van der Waals surface area contributed by atoms with Gasteiger partial charge in [-0.15, -0.1) is 0 Å². The molecule has 2 nitrogen and oxygen atoms in total. The molecule has 8 heteroatoms. The van der Waals surface area contributed by atoms with Gasteiger partial charge in [-0.1, -0.05) is 60.7 Å². The Morgan fingerprint density at radius 1 is 0.577 bits per heavy atom. The van der Waals surface area contributed by atoms with E-state index < -0.39 is 36.6 Å². The molecular formula is C18H14F6N2. The standard InChI is InChI=1S/C18H14F6N2/c19-17(20,21)11-15(13-7-3-1-4-8-13)25-26-16(12-18(22,23)24)14-9-5-2-6-10-14/h1-10H,11-12H2/b25-15+,26-16+. The van der Waals surface area contributed by atoms with Crippen molar-refractivity contribution in [1.29, 1.82) is 0 Å². The summed E-state index contributed by atoms with van der Waals surface area (Å²) in [6.07, 6.45) is -11.9. The van der Waals surface area contributed by atoms with Gasteiger partial charge in [0.05, 0.1) is 24.3 Å². The van der Waals surface area contributed by atoms with E-state index in [0.717, 1.165) is 0 Å². The van der Waals surface area contributed by atoms with Gasteiger partial charge in [-0.3, -0.25) is 0 Å². The monoisotopic (exact) mass is 372 g/mol. The van der Waals surface area contributed by atoms with Crippen LogP contribution in [0.15, 0.2) is 70.9 Å². The van der Waals surface area contributed by atoms with Crippen LogP contribution in [0.3, 0.4) is 0 Å². The van der Waals surface area contributed by atoms with Gasteiger partial charge >= 0.3 is 12.4 Å². The van der Waals surface area contributed by atoms with Gasteiger partial charge in [0, 0.05) is 0 Å². The van der Waals surface area contributed by atoms with Gasteiger partial charge in [0.25, 0.3) is 0 Å². The Hall–Kier alpha value is -2.64. The largest absolute Gasteiger partial charge is 0.394 e. The molecule has 0 aliphatic carbocycles. The van der Waals surface area contributed by atoms with Crippen molar-refractivity contribution in [3.63, 3.8) is 0 Å². The summed E-state index contributed by atoms with van der Waals surface area (Å²) in [7, 11) is 0. The molecule has 2 rings (SSSR count). The Morgan fingerprint density at radius 3 is 1.15 bits per heavy atom. The molecule has 0 fully saturated rings. The first-order valence-electron chi connectivity index (χ1n) is 7.52. The third-order valence-corrected chi connectivity index (χ3v) is 3.24. The highest BCUT2D eigenvalue weighted by Crippen LogP contribution is 2.25. The molecule has 0 unspecified atom stereocenters. The minimum atomic E-state index is -4.57. The first kappa shape index (κ1) is 19.7. The lowest BCUT2D eigenvalue weighted by Crippen LogP contribution is -2.17. The molecule has 0 aliphatic heterocycles. The molecule has 0 spiro atoms. The van der Waals surface area contributed by atoms with Crippen LogP contribution in [0.2, 0.25) is 0 Å². The topological polar surface area (TPSA) is 24.7 Å². The summed E-state index contributed by atoms with van der Waals surface area (Å²) < 4.78 is 76.8. The Morgan fingerprint density at radius 2 is 0.885 bits per heavy atom. The highest BCUT2D eigenvalue weighted by Gasteiger charge is 2.32. The first-order valence-corrected chi connectivity index (χ1v) is 7.52. The average Bonchev–Trinajstić information content (AvgIpc) is 2.57. The summed E-state index contributed by atoms with van der Waals surface area (Å²) in [5.41, 5.74) is -0.608. The molecule has 0 bridgehead atoms. The Balaban J connectivity index is 2.46. The zero-order valence-corrected chi connectivity index (χ0v) is 13.3. The summed E-state index contributed by atoms with van der Waals surface area (Å²) in [6.45, 7) is 0. The molecule has 2 aromatic rings. The number of alkyl halides is 6. The van der Waals surface area contributed by atoms with E-state index in [2.05, 4.69) is 10.2 Å². The fourth-order valence-corrected chi connectivity index (χ4v) is 2.15. The predicted octanol–water partition coefficient (Wildman–Crippen LogP) is 5.78. The van der Waals surface area contributed by atoms with E-state index in [0.29, 0.717) is 0 Å². The molecule has 2 aromatic carbocycles. The summed E-state index contributed by atoms with van der Waals surface area (Å²) in [5.74, 6) is 0. The van der Waals surface area contributed by atoms with Crippen molar-refractivity contribution in [2.75, 3.05) is 0 Å². The molecule has 0 amide bonds. The molecule has 26 heavy (non-hydrogen) atoms. The Labute approximate surface area is 145 Å². The van der Waals surface area contributed by atoms with Crippen LogP contribution in [0.4, 0.5) is 26.3 Å². The lowest BCUT2D eigenvalue weighted by molar-refractivity contribution is -0.122. The van der Waals surface area contributed by atoms with Crippen molar-refractivity contribution in [3.05, 3.63) is 71.8 Å². The van der Waals surface area contributed by atoms with Crippen molar-refractivity contribution in [2.45, 2.75) is 25.2 Å². The van der Waals surface area contributed by atoms with Crippen LogP contribution in [-0.2, 0) is 0 Å². The zero-order chi connectivity index (χ0) is 19.2. The maximum absolute atomic E-state index is 12.8. The van der Waals surface area contributed by atoms with E-state index in [1.807, 2.05) is 0 Å². The van der Waals surface area contributed by atoms with E-state index in [-0.39, 0.29) is 11.1 Å². The number of benzene rings is 2. The van der Waals surface area contributed by atoms with E-state index in [9.17, 15) is 26.3 Å². The van der Waals surface area contributed by atoms with Crippen LogP contribution in [0.1, 0.15) is 24.0 Å². The normalized spacial score (nSPS) is 13.8. The van der Waals surface area contributed by atoms with Gasteiger partial charge in [0.1, 0.15) is 0 Å². The van der Waals surface area contributed by atoms with Crippen LogP contribution in [0, 0.1) is 0 Å². The lowest BCUT2D eigenvalue weighted by Gasteiger charge is -2.11. The van der Waals surface area contributed by atoms with Crippen LogP contribution in [-0.4, -0.2) is 23.8 Å². The molecule has 0 heterocycles. The van der Waals surface area contributed by atoms with E-state index >= 15 is 0 Å². The Bertz CT molecular complexity index is 694. The van der Waals surface area contributed by atoms with Crippen molar-refractivity contribution in [3.8, 4) is 0 Å². The molecular weight excluding hydrogens is 358 g/mol. The SMILES string of the molecule is FC(F)(F)C/C(=N\N=C(/CC(F)(F)F)c1ccccc1)c1ccccc1. The summed E-state index contributed by atoms with van der Waals surface area (Å²) in [6, 6.07) is 14.8. The predicted molar refractivity (Wildman–Crippen MR) is 87.3 cm³/mol. The number of rotatable bonds is 5. The number of halogens is 6. The highest BCUT2D eigenvalue weighted by atomic mass is 19.4. The van der Waals surface area contributed by atoms with Gasteiger partial charge in [-0.05, 0) is 11.1 Å². The van der Waals surface area contributed by atoms with Crippen molar-refractivity contribution >= 4 is 11.4 Å². The average molecular weight is 372 g/mol. The summed E-state index contributed by atoms with van der Waals surface area (Å²) in [5, 5.41) is 7.05. The molecule has 0 saturated carbocycles. The van der Waals surface area contributed by atoms with Crippen LogP contribution < -0.4 is 0 Å². The highest BCUT2D eigenvalue weighted by molar-refractivity contribution is 6.04. The van der Waals surface area contributed by atoms with Crippen molar-refractivity contribution < 1.29 is 26.3 Å². The number of nitrogens with zero attached hydrogens (tertiary/aromatic N) is 2. The zero-order valence-electron chi connectivity index (χ0n) is 13.3. The second-order valence-corrected chi connectivity index (χ2v) is 5.41. The number of hydrogen-bond donors (Lipinski definition) is 0. The lowest BCUT2D eigenvalue weighted by atomic mass is 10.1. The minimum absolute atomic E-state index is 0.146. The van der Waals surface area contributed by atoms with Crippen molar-refractivity contribution in [1.82, 2.24) is 0 Å². The fraction of sp³-hybridized carbons (Fsp3) is 0.222. The third-order valence-electron chi connectivity index (χ3n) is 3.24. The molecule has 138 valence electrons. The maximum Gasteiger partial charge on any atom is 0.394 e. The van der Waals surface area contributed by atoms with E-state index in [1.165, 1.54) is 48.5 Å². The van der Waals surface area contributed by atoms with Crippen molar-refractivity contribution in [2.24, 2.45) is 10.2 Å². The summed E-state index contributed by atoms with van der Waals surface area (Å²) in [4.78, 5) is 0. The van der Waals surface area contributed by atoms with Gasteiger partial charge in [0.15, 0.2) is 0 Å². The molecule has 0 atom stereocenters. The fourth-order valence-electron chi connectivity index (χ4n) is 2.15. The second kappa shape index (κ2) is 8.16. The van der Waals surface area contributed by atoms with Crippen LogP contribution in [0.25, 0.3) is 0 Å². The minimum Gasteiger partial charge on any atom is -0.171 e. The second-order valence-electron chi connectivity index (χ2n) is 5.41. The quantitative estimate of drug-likeness (QED) is 0.361. The van der Waals surface area contributed by atoms with Gasteiger partial charge in [0.2, 0.25) is 0 Å². The molecule has 0 N–H and O–H groups in total. The maximum atomic E-state index is 12.8. The van der Waals surface area contributed by atoms with Gasteiger partial charge < -0.3 is 0 Å². The first-order chi connectivity index (χ1) is 12.1. The molecule has 0 radical (unpaired) electrons. The molecule has 0 aromatic heterocycles. The summed E-state index contributed by atoms with van der Waals surface area (Å²) >= 11 is 0. The van der Waals surface area contributed by atoms with E-state index in [1.54, 1.807) is 12.1 Å². The molecule has 0 saturated heterocycles.